The molecule has 0 radical (unpaired) electrons. The van der Waals surface area contributed by atoms with Gasteiger partial charge in [0.05, 0.1) is 18.0 Å². The lowest BCUT2D eigenvalue weighted by Crippen LogP contribution is -2.41. The Morgan fingerprint density at radius 3 is 2.29 bits per heavy atom. The van der Waals surface area contributed by atoms with Crippen molar-refractivity contribution in [3.05, 3.63) is 24.3 Å². The largest absolute Gasteiger partial charge is 0.491 e. The molecule has 10 heteroatoms. The number of aliphatic hydroxyl groups is 1. The number of hydrogen-bond acceptors (Lipinski definition) is 4. The van der Waals surface area contributed by atoms with E-state index in [4.69, 9.17) is 9.84 Å². The van der Waals surface area contributed by atoms with Gasteiger partial charge in [0.2, 0.25) is 10.0 Å². The first-order valence-electron chi connectivity index (χ1n) is 5.68. The SMILES string of the molecule is O=S(=O)(NCC(F)(F)C(F)F)c1ccc(OCCO)cc1. The van der Waals surface area contributed by atoms with Crippen molar-refractivity contribution in [2.45, 2.75) is 17.2 Å². The molecule has 0 aromatic heterocycles. The van der Waals surface area contributed by atoms with Crippen LogP contribution >= 0.6 is 0 Å². The summed E-state index contributed by atoms with van der Waals surface area (Å²) in [6, 6.07) is 4.62. The second kappa shape index (κ2) is 7.05. The van der Waals surface area contributed by atoms with Crippen LogP contribution in [0.3, 0.4) is 0 Å². The van der Waals surface area contributed by atoms with E-state index in [2.05, 4.69) is 0 Å². The van der Waals surface area contributed by atoms with Gasteiger partial charge in [-0.2, -0.15) is 8.78 Å². The molecule has 0 saturated carbocycles. The van der Waals surface area contributed by atoms with Crippen LogP contribution in [0.5, 0.6) is 5.75 Å². The molecule has 1 aromatic carbocycles. The molecule has 2 N–H and O–H groups in total. The summed E-state index contributed by atoms with van der Waals surface area (Å²) in [4.78, 5) is -0.371. The third-order valence-corrected chi connectivity index (χ3v) is 3.73. The zero-order valence-corrected chi connectivity index (χ0v) is 11.4. The lowest BCUT2D eigenvalue weighted by molar-refractivity contribution is -0.122. The summed E-state index contributed by atoms with van der Waals surface area (Å²) in [6.07, 6.45) is -3.96. The van der Waals surface area contributed by atoms with E-state index in [1.165, 1.54) is 16.9 Å². The second-order valence-electron chi connectivity index (χ2n) is 3.93. The molecule has 0 heterocycles. The number of aliphatic hydroxyl groups excluding tert-OH is 1. The maximum Gasteiger partial charge on any atom is 0.320 e. The predicted octanol–water partition coefficient (Wildman–Crippen LogP) is 1.24. The van der Waals surface area contributed by atoms with E-state index in [0.29, 0.717) is 0 Å². The Kier molecular flexibility index (Phi) is 5.93. The van der Waals surface area contributed by atoms with Gasteiger partial charge in [-0.1, -0.05) is 0 Å². The fourth-order valence-electron chi connectivity index (χ4n) is 1.23. The number of benzene rings is 1. The van der Waals surface area contributed by atoms with Crippen molar-refractivity contribution in [2.24, 2.45) is 0 Å². The Morgan fingerprint density at radius 2 is 1.81 bits per heavy atom. The van der Waals surface area contributed by atoms with Crippen molar-refractivity contribution in [2.75, 3.05) is 19.8 Å². The van der Waals surface area contributed by atoms with Crippen LogP contribution in [0.2, 0.25) is 0 Å². The molecule has 0 aliphatic rings. The summed E-state index contributed by atoms with van der Waals surface area (Å²) >= 11 is 0. The van der Waals surface area contributed by atoms with Crippen LogP contribution < -0.4 is 9.46 Å². The molecule has 0 saturated heterocycles. The van der Waals surface area contributed by atoms with E-state index in [1.807, 2.05) is 0 Å². The first kappa shape index (κ1) is 17.7. The van der Waals surface area contributed by atoms with Crippen LogP contribution in [0.25, 0.3) is 0 Å². The molecule has 0 amide bonds. The highest BCUT2D eigenvalue weighted by Gasteiger charge is 2.41. The van der Waals surface area contributed by atoms with Gasteiger partial charge in [-0.25, -0.2) is 21.9 Å². The van der Waals surface area contributed by atoms with E-state index in [0.717, 1.165) is 12.1 Å². The molecule has 1 rings (SSSR count). The van der Waals surface area contributed by atoms with Gasteiger partial charge in [0, 0.05) is 0 Å². The summed E-state index contributed by atoms with van der Waals surface area (Å²) in [6.45, 7) is -1.93. The molecule has 0 atom stereocenters. The zero-order valence-electron chi connectivity index (χ0n) is 10.6. The van der Waals surface area contributed by atoms with E-state index >= 15 is 0 Å². The first-order valence-corrected chi connectivity index (χ1v) is 7.17. The number of alkyl halides is 4. The van der Waals surface area contributed by atoms with Gasteiger partial charge in [0.1, 0.15) is 12.4 Å². The minimum Gasteiger partial charge on any atom is -0.491 e. The average Bonchev–Trinajstić information content (AvgIpc) is 2.43. The Hall–Kier alpha value is -1.39. The lowest BCUT2D eigenvalue weighted by atomic mass is 10.3. The van der Waals surface area contributed by atoms with E-state index in [9.17, 15) is 26.0 Å². The normalized spacial score (nSPS) is 12.7. The standard InChI is InChI=1S/C11H13F4NO4S/c12-10(13)11(14,15)7-16-21(18,19)9-3-1-8(2-4-9)20-6-5-17/h1-4,10,16-17H,5-7H2. The number of nitrogens with one attached hydrogen (secondary N) is 1. The molecule has 0 bridgehead atoms. The summed E-state index contributed by atoms with van der Waals surface area (Å²) in [5.41, 5.74) is 0. The van der Waals surface area contributed by atoms with Crippen LogP contribution in [0.4, 0.5) is 17.6 Å². The van der Waals surface area contributed by atoms with E-state index in [1.54, 1.807) is 0 Å². The molecule has 120 valence electrons. The summed E-state index contributed by atoms with van der Waals surface area (Å²) in [7, 11) is -4.33. The van der Waals surface area contributed by atoms with Gasteiger partial charge >= 0.3 is 12.3 Å². The van der Waals surface area contributed by atoms with Gasteiger partial charge < -0.3 is 9.84 Å². The van der Waals surface area contributed by atoms with Crippen molar-refractivity contribution >= 4 is 10.0 Å². The lowest BCUT2D eigenvalue weighted by Gasteiger charge is -2.16. The van der Waals surface area contributed by atoms with Gasteiger partial charge in [-0.3, -0.25) is 0 Å². The van der Waals surface area contributed by atoms with E-state index < -0.39 is 28.9 Å². The maximum absolute atomic E-state index is 12.7. The van der Waals surface area contributed by atoms with Gasteiger partial charge in [0.15, 0.2) is 0 Å². The Labute approximate surface area is 118 Å². The summed E-state index contributed by atoms with van der Waals surface area (Å²) < 4.78 is 78.9. The topological polar surface area (TPSA) is 75.6 Å². The quantitative estimate of drug-likeness (QED) is 0.703. The molecule has 0 spiro atoms. The molecule has 0 fully saturated rings. The van der Waals surface area contributed by atoms with E-state index in [-0.39, 0.29) is 23.9 Å². The molecule has 1 aromatic rings. The highest BCUT2D eigenvalue weighted by molar-refractivity contribution is 7.89. The average molecular weight is 331 g/mol. The van der Waals surface area contributed by atoms with Crippen molar-refractivity contribution < 1.29 is 35.8 Å². The molecular formula is C11H13F4NO4S. The Balaban J connectivity index is 2.74. The fourth-order valence-corrected chi connectivity index (χ4v) is 2.27. The first-order chi connectivity index (χ1) is 9.69. The number of halogens is 4. The highest BCUT2D eigenvalue weighted by Crippen LogP contribution is 2.23. The van der Waals surface area contributed by atoms with Gasteiger partial charge in [-0.15, -0.1) is 0 Å². The van der Waals surface area contributed by atoms with Gasteiger partial charge in [0.25, 0.3) is 0 Å². The minimum atomic E-state index is -4.45. The number of rotatable bonds is 8. The predicted molar refractivity (Wildman–Crippen MR) is 65.2 cm³/mol. The van der Waals surface area contributed by atoms with Crippen molar-refractivity contribution in [3.8, 4) is 5.75 Å². The molecule has 0 aliphatic heterocycles. The Morgan fingerprint density at radius 1 is 1.24 bits per heavy atom. The molecule has 0 aliphatic carbocycles. The van der Waals surface area contributed by atoms with Crippen LogP contribution in [0, 0.1) is 0 Å². The molecule has 5 nitrogen and oxygen atoms in total. The molecule has 21 heavy (non-hydrogen) atoms. The Bertz CT molecular complexity index is 548. The van der Waals surface area contributed by atoms with Gasteiger partial charge in [-0.05, 0) is 24.3 Å². The third kappa shape index (κ3) is 5.14. The van der Waals surface area contributed by atoms with Crippen LogP contribution in [0.1, 0.15) is 0 Å². The summed E-state index contributed by atoms with van der Waals surface area (Å²) in [5, 5.41) is 8.54. The second-order valence-corrected chi connectivity index (χ2v) is 5.70. The third-order valence-electron chi connectivity index (χ3n) is 2.31. The van der Waals surface area contributed by atoms with Crippen molar-refractivity contribution in [1.29, 1.82) is 0 Å². The highest BCUT2D eigenvalue weighted by atomic mass is 32.2. The molecular weight excluding hydrogens is 318 g/mol. The number of ether oxygens (including phenoxy) is 1. The van der Waals surface area contributed by atoms with Crippen LogP contribution in [-0.4, -0.2) is 45.6 Å². The number of hydrogen-bond donors (Lipinski definition) is 2. The smallest absolute Gasteiger partial charge is 0.320 e. The van der Waals surface area contributed by atoms with Crippen molar-refractivity contribution in [3.63, 3.8) is 0 Å². The minimum absolute atomic E-state index is 0.00492. The summed E-state index contributed by atoms with van der Waals surface area (Å²) in [5.74, 6) is -4.18. The maximum atomic E-state index is 12.7. The van der Waals surface area contributed by atoms with Crippen LogP contribution in [0.15, 0.2) is 29.2 Å². The monoisotopic (exact) mass is 331 g/mol. The van der Waals surface area contributed by atoms with Crippen LogP contribution in [-0.2, 0) is 10.0 Å². The molecule has 0 unspecified atom stereocenters. The number of sulfonamides is 1. The fraction of sp³-hybridized carbons (Fsp3) is 0.455. The van der Waals surface area contributed by atoms with Crippen molar-refractivity contribution in [1.82, 2.24) is 4.72 Å². The zero-order chi connectivity index (χ0) is 16.1.